The molecule has 0 saturated heterocycles. The van der Waals surface area contributed by atoms with E-state index in [1.165, 1.54) is 12.8 Å². The summed E-state index contributed by atoms with van der Waals surface area (Å²) in [5.41, 5.74) is 0.944. The number of hydrogen-bond acceptors (Lipinski definition) is 1. The predicted octanol–water partition coefficient (Wildman–Crippen LogP) is 3.12. The zero-order valence-electron chi connectivity index (χ0n) is 8.12. The molecular weight excluding hydrogens is 160 g/mol. The van der Waals surface area contributed by atoms with Crippen molar-refractivity contribution >= 4 is 5.78 Å². The SMILES string of the molecule is CC1CCC(C(=O)C2=CC=C2)CC1.[HH]. The highest BCUT2D eigenvalue weighted by Gasteiger charge is 2.26. The highest BCUT2D eigenvalue weighted by Crippen LogP contribution is 2.31. The van der Waals surface area contributed by atoms with Crippen molar-refractivity contribution in [3.05, 3.63) is 23.8 Å². The van der Waals surface area contributed by atoms with E-state index in [2.05, 4.69) is 6.92 Å². The van der Waals surface area contributed by atoms with Gasteiger partial charge >= 0.3 is 0 Å². The molecule has 0 aliphatic heterocycles. The van der Waals surface area contributed by atoms with E-state index in [-0.39, 0.29) is 1.43 Å². The molecule has 72 valence electrons. The van der Waals surface area contributed by atoms with Gasteiger partial charge in [-0.1, -0.05) is 38.0 Å². The molecule has 0 aromatic heterocycles. The fourth-order valence-electron chi connectivity index (χ4n) is 2.11. The zero-order chi connectivity index (χ0) is 9.26. The Labute approximate surface area is 81.0 Å². The predicted molar refractivity (Wildman–Crippen MR) is 55.5 cm³/mol. The Bertz CT molecular complexity index is 270. The maximum Gasteiger partial charge on any atom is 0.165 e. The van der Waals surface area contributed by atoms with Crippen LogP contribution in [0.15, 0.2) is 23.8 Å². The largest absolute Gasteiger partial charge is 0.294 e. The lowest BCUT2D eigenvalue weighted by Crippen LogP contribution is -2.22. The number of carbonyl (C=O) groups is 1. The Morgan fingerprint density at radius 2 is 2.00 bits per heavy atom. The van der Waals surface area contributed by atoms with Crippen LogP contribution in [0.1, 0.15) is 34.0 Å². The van der Waals surface area contributed by atoms with Crippen LogP contribution in [-0.4, -0.2) is 5.78 Å². The Hall–Kier alpha value is -0.850. The molecule has 0 aromatic rings. The number of allylic oxidation sites excluding steroid dienone is 4. The third-order valence-electron chi connectivity index (χ3n) is 3.22. The van der Waals surface area contributed by atoms with Gasteiger partial charge in [0, 0.05) is 12.9 Å². The molecule has 1 fully saturated rings. The minimum atomic E-state index is 0. The third kappa shape index (κ3) is 1.74. The number of hydrogen-bond donors (Lipinski definition) is 0. The number of ketones is 1. The van der Waals surface area contributed by atoms with Gasteiger partial charge in [0.05, 0.1) is 0 Å². The quantitative estimate of drug-likeness (QED) is 0.635. The smallest absolute Gasteiger partial charge is 0.165 e. The molecule has 2 aliphatic rings. The molecule has 0 amide bonds. The van der Waals surface area contributed by atoms with Gasteiger partial charge in [-0.15, -0.1) is 0 Å². The average Bonchev–Trinajstić information content (AvgIpc) is 2.02. The van der Waals surface area contributed by atoms with Crippen LogP contribution >= 0.6 is 0 Å². The molecule has 1 heteroatoms. The molecule has 0 unspecified atom stereocenters. The zero-order valence-corrected chi connectivity index (χ0v) is 8.12. The fraction of sp³-hybridized carbons (Fsp3) is 0.583. The highest BCUT2D eigenvalue weighted by molar-refractivity contribution is 6.01. The molecule has 0 atom stereocenters. The standard InChI is InChI=1S/C12H16O.H2/c1-9-5-7-11(8-6-9)12(13)10-3-2-4-10;/h2-4,9,11H,5-8H2,1H3;1H. The maximum atomic E-state index is 11.8. The van der Waals surface area contributed by atoms with Crippen molar-refractivity contribution in [2.24, 2.45) is 11.8 Å². The molecule has 0 spiro atoms. The lowest BCUT2D eigenvalue weighted by atomic mass is 9.78. The van der Waals surface area contributed by atoms with Gasteiger partial charge in [0.2, 0.25) is 0 Å². The van der Waals surface area contributed by atoms with Crippen molar-refractivity contribution < 1.29 is 6.22 Å². The molecule has 2 aliphatic carbocycles. The van der Waals surface area contributed by atoms with Gasteiger partial charge in [-0.05, 0) is 18.8 Å². The third-order valence-corrected chi connectivity index (χ3v) is 3.22. The molecule has 2 rings (SSSR count). The van der Waals surface area contributed by atoms with Crippen molar-refractivity contribution in [1.82, 2.24) is 0 Å². The highest BCUT2D eigenvalue weighted by atomic mass is 16.1. The van der Waals surface area contributed by atoms with Crippen LogP contribution in [0, 0.1) is 11.8 Å². The van der Waals surface area contributed by atoms with Crippen LogP contribution in [0.5, 0.6) is 0 Å². The minimum Gasteiger partial charge on any atom is -0.294 e. The van der Waals surface area contributed by atoms with Crippen LogP contribution in [0.4, 0.5) is 0 Å². The van der Waals surface area contributed by atoms with Crippen LogP contribution in [0.2, 0.25) is 0 Å². The van der Waals surface area contributed by atoms with Crippen molar-refractivity contribution in [2.45, 2.75) is 32.6 Å². The van der Waals surface area contributed by atoms with Gasteiger partial charge in [-0.25, -0.2) is 0 Å². The second-order valence-electron chi connectivity index (χ2n) is 4.30. The number of rotatable bonds is 2. The molecule has 0 bridgehead atoms. The normalized spacial score (nSPS) is 32.2. The first-order valence-electron chi connectivity index (χ1n) is 5.20. The topological polar surface area (TPSA) is 17.1 Å². The van der Waals surface area contributed by atoms with E-state index in [1.54, 1.807) is 0 Å². The number of Topliss-reactive ketones (excluding diaryl/α,β-unsaturated/α-hetero) is 1. The summed E-state index contributed by atoms with van der Waals surface area (Å²) in [6.45, 7) is 2.28. The van der Waals surface area contributed by atoms with Crippen LogP contribution < -0.4 is 0 Å². The van der Waals surface area contributed by atoms with E-state index in [4.69, 9.17) is 0 Å². The summed E-state index contributed by atoms with van der Waals surface area (Å²) in [6.07, 6.45) is 10.5. The van der Waals surface area contributed by atoms with E-state index in [9.17, 15) is 4.79 Å². The van der Waals surface area contributed by atoms with Crippen molar-refractivity contribution in [2.75, 3.05) is 0 Å². The fourth-order valence-corrected chi connectivity index (χ4v) is 2.11. The van der Waals surface area contributed by atoms with E-state index in [1.807, 2.05) is 18.2 Å². The Morgan fingerprint density at radius 3 is 2.46 bits per heavy atom. The monoisotopic (exact) mass is 178 g/mol. The summed E-state index contributed by atoms with van der Waals surface area (Å²) < 4.78 is 0. The van der Waals surface area contributed by atoms with E-state index >= 15 is 0 Å². The van der Waals surface area contributed by atoms with Crippen LogP contribution in [-0.2, 0) is 4.79 Å². The van der Waals surface area contributed by atoms with Gasteiger partial charge in [0.1, 0.15) is 0 Å². The molecule has 0 radical (unpaired) electrons. The second-order valence-corrected chi connectivity index (χ2v) is 4.30. The summed E-state index contributed by atoms with van der Waals surface area (Å²) in [5.74, 6) is 1.54. The molecule has 1 saturated carbocycles. The van der Waals surface area contributed by atoms with Crippen molar-refractivity contribution in [3.63, 3.8) is 0 Å². The van der Waals surface area contributed by atoms with Gasteiger partial charge in [0.25, 0.3) is 0 Å². The van der Waals surface area contributed by atoms with E-state index in [0.29, 0.717) is 11.7 Å². The Kier molecular flexibility index (Phi) is 2.34. The van der Waals surface area contributed by atoms with Gasteiger partial charge in [0.15, 0.2) is 5.78 Å². The first-order valence-corrected chi connectivity index (χ1v) is 5.20. The van der Waals surface area contributed by atoms with Gasteiger partial charge in [-0.3, -0.25) is 4.79 Å². The first kappa shape index (κ1) is 8.74. The van der Waals surface area contributed by atoms with Crippen molar-refractivity contribution in [1.29, 1.82) is 0 Å². The van der Waals surface area contributed by atoms with E-state index in [0.717, 1.165) is 24.3 Å². The van der Waals surface area contributed by atoms with Gasteiger partial charge < -0.3 is 0 Å². The summed E-state index contributed by atoms with van der Waals surface area (Å²) in [7, 11) is 0. The van der Waals surface area contributed by atoms with Crippen LogP contribution in [0.25, 0.3) is 0 Å². The minimum absolute atomic E-state index is 0. The summed E-state index contributed by atoms with van der Waals surface area (Å²) in [5, 5.41) is 0. The van der Waals surface area contributed by atoms with Crippen LogP contribution in [0.3, 0.4) is 0 Å². The maximum absolute atomic E-state index is 11.8. The summed E-state index contributed by atoms with van der Waals surface area (Å²) >= 11 is 0. The van der Waals surface area contributed by atoms with Crippen molar-refractivity contribution in [3.8, 4) is 0 Å². The summed E-state index contributed by atoms with van der Waals surface area (Å²) in [6, 6.07) is 0. The lowest BCUT2D eigenvalue weighted by molar-refractivity contribution is -0.120. The van der Waals surface area contributed by atoms with E-state index < -0.39 is 0 Å². The molecule has 0 aromatic carbocycles. The molecule has 13 heavy (non-hydrogen) atoms. The molecule has 0 N–H and O–H groups in total. The molecule has 0 heterocycles. The lowest BCUT2D eigenvalue weighted by Gasteiger charge is -2.25. The van der Waals surface area contributed by atoms with Gasteiger partial charge in [-0.2, -0.15) is 0 Å². The molecular formula is C12H18O. The number of carbonyl (C=O) groups excluding carboxylic acids is 1. The molecule has 1 nitrogen and oxygen atoms in total. The Balaban J connectivity index is 0.000000980. The average molecular weight is 178 g/mol. The Morgan fingerprint density at radius 1 is 1.38 bits per heavy atom. The first-order chi connectivity index (χ1) is 6.27. The summed E-state index contributed by atoms with van der Waals surface area (Å²) in [4.78, 5) is 11.8. The second kappa shape index (κ2) is 3.49.